The molecule has 7 heteroatoms. The highest BCUT2D eigenvalue weighted by molar-refractivity contribution is 5.89. The van der Waals surface area contributed by atoms with Gasteiger partial charge in [-0.3, -0.25) is 10.1 Å². The van der Waals surface area contributed by atoms with Gasteiger partial charge in [0.1, 0.15) is 0 Å². The lowest BCUT2D eigenvalue weighted by atomic mass is 10.1. The molecular weight excluding hydrogens is 344 g/mol. The molecule has 0 saturated heterocycles. The van der Waals surface area contributed by atoms with Crippen molar-refractivity contribution in [3.8, 4) is 5.69 Å². The molecule has 1 atom stereocenters. The average molecular weight is 364 g/mol. The van der Waals surface area contributed by atoms with Crippen LogP contribution in [0.1, 0.15) is 18.5 Å². The van der Waals surface area contributed by atoms with E-state index >= 15 is 0 Å². The van der Waals surface area contributed by atoms with E-state index in [2.05, 4.69) is 5.32 Å². The minimum Gasteiger partial charge on any atom is -0.324 e. The second-order valence-corrected chi connectivity index (χ2v) is 6.21. The largest absolute Gasteiger partial charge is 0.324 e. The fourth-order valence-electron chi connectivity index (χ4n) is 2.76. The molecule has 0 spiro atoms. The predicted octanol–water partition coefficient (Wildman–Crippen LogP) is 4.61. The third-order valence-corrected chi connectivity index (χ3v) is 4.46. The zero-order valence-electron chi connectivity index (χ0n) is 15.1. The molecule has 0 saturated carbocycles. The van der Waals surface area contributed by atoms with E-state index in [1.807, 2.05) is 60.3 Å². The van der Waals surface area contributed by atoms with Crippen LogP contribution in [0.25, 0.3) is 5.69 Å². The number of carbonyl (C=O) groups is 1. The molecule has 1 heterocycles. The Kier molecular flexibility index (Phi) is 5.21. The van der Waals surface area contributed by atoms with Crippen molar-refractivity contribution in [3.05, 3.63) is 88.7 Å². The van der Waals surface area contributed by atoms with Crippen LogP contribution in [0.15, 0.2) is 73.1 Å². The Bertz CT molecular complexity index is 953. The number of nitrogens with one attached hydrogen (secondary N) is 1. The van der Waals surface area contributed by atoms with Crippen molar-refractivity contribution in [1.29, 1.82) is 0 Å². The topological polar surface area (TPSA) is 80.4 Å². The number of aromatic nitrogens is 1. The number of amides is 2. The normalized spacial score (nSPS) is 11.6. The zero-order valence-corrected chi connectivity index (χ0v) is 15.1. The van der Waals surface area contributed by atoms with Gasteiger partial charge in [0.25, 0.3) is 5.69 Å². The summed E-state index contributed by atoms with van der Waals surface area (Å²) in [5.74, 6) is 0. The monoisotopic (exact) mass is 364 g/mol. The van der Waals surface area contributed by atoms with E-state index < -0.39 is 4.92 Å². The summed E-state index contributed by atoms with van der Waals surface area (Å²) in [4.78, 5) is 24.7. The Morgan fingerprint density at radius 1 is 1.11 bits per heavy atom. The number of nitrogens with zero attached hydrogens (tertiary/aromatic N) is 3. The first-order valence-electron chi connectivity index (χ1n) is 8.47. The van der Waals surface area contributed by atoms with Crippen LogP contribution in [0.4, 0.5) is 16.2 Å². The molecule has 0 aliphatic rings. The first-order chi connectivity index (χ1) is 13.0. The van der Waals surface area contributed by atoms with E-state index in [1.54, 1.807) is 19.2 Å². The molecule has 0 aliphatic heterocycles. The van der Waals surface area contributed by atoms with Crippen LogP contribution in [0.2, 0.25) is 0 Å². The third-order valence-electron chi connectivity index (χ3n) is 4.46. The van der Waals surface area contributed by atoms with Crippen molar-refractivity contribution in [3.63, 3.8) is 0 Å². The van der Waals surface area contributed by atoms with Crippen LogP contribution in [0, 0.1) is 10.1 Å². The maximum atomic E-state index is 12.6. The first kappa shape index (κ1) is 18.2. The van der Waals surface area contributed by atoms with Crippen LogP contribution in [0.5, 0.6) is 0 Å². The molecule has 27 heavy (non-hydrogen) atoms. The molecule has 2 amide bonds. The smallest absolute Gasteiger partial charge is 0.322 e. The van der Waals surface area contributed by atoms with Gasteiger partial charge in [-0.1, -0.05) is 18.2 Å². The number of hydrogen-bond acceptors (Lipinski definition) is 3. The van der Waals surface area contributed by atoms with Gasteiger partial charge in [-0.25, -0.2) is 4.79 Å². The van der Waals surface area contributed by atoms with Crippen molar-refractivity contribution in [2.24, 2.45) is 0 Å². The number of nitro benzene ring substituents is 1. The molecule has 0 bridgehead atoms. The van der Waals surface area contributed by atoms with Crippen molar-refractivity contribution in [2.75, 3.05) is 12.4 Å². The van der Waals surface area contributed by atoms with E-state index in [9.17, 15) is 14.9 Å². The Morgan fingerprint density at radius 3 is 2.52 bits per heavy atom. The molecular formula is C20H20N4O3. The lowest BCUT2D eigenvalue weighted by Crippen LogP contribution is -2.33. The highest BCUT2D eigenvalue weighted by atomic mass is 16.6. The standard InChI is InChI=1S/C20H20N4O3/c1-15(16-7-5-10-19(13-16)24(26)27)22(2)20(25)21-17-8-6-9-18(14-17)23-11-3-4-12-23/h3-15H,1-2H3,(H,21,25). The number of carbonyl (C=O) groups excluding carboxylic acids is 1. The Labute approximate surface area is 157 Å². The second kappa shape index (κ2) is 7.74. The molecule has 1 unspecified atom stereocenters. The summed E-state index contributed by atoms with van der Waals surface area (Å²) in [5.41, 5.74) is 2.31. The van der Waals surface area contributed by atoms with Gasteiger partial charge < -0.3 is 14.8 Å². The summed E-state index contributed by atoms with van der Waals surface area (Å²) in [6.45, 7) is 1.83. The van der Waals surface area contributed by atoms with E-state index in [1.165, 1.54) is 17.0 Å². The summed E-state index contributed by atoms with van der Waals surface area (Å²) < 4.78 is 1.95. The van der Waals surface area contributed by atoms with Gasteiger partial charge in [0.2, 0.25) is 0 Å². The summed E-state index contributed by atoms with van der Waals surface area (Å²) in [7, 11) is 1.66. The van der Waals surface area contributed by atoms with Gasteiger partial charge in [-0.05, 0) is 42.8 Å². The summed E-state index contributed by atoms with van der Waals surface area (Å²) >= 11 is 0. The van der Waals surface area contributed by atoms with E-state index in [-0.39, 0.29) is 17.8 Å². The molecule has 0 aliphatic carbocycles. The minimum absolute atomic E-state index is 0.00702. The first-order valence-corrected chi connectivity index (χ1v) is 8.47. The molecule has 3 rings (SSSR count). The van der Waals surface area contributed by atoms with E-state index in [0.717, 1.165) is 5.69 Å². The van der Waals surface area contributed by atoms with E-state index in [4.69, 9.17) is 0 Å². The lowest BCUT2D eigenvalue weighted by molar-refractivity contribution is -0.384. The molecule has 3 aromatic rings. The Balaban J connectivity index is 1.73. The lowest BCUT2D eigenvalue weighted by Gasteiger charge is -2.25. The molecule has 1 aromatic heterocycles. The van der Waals surface area contributed by atoms with Gasteiger partial charge >= 0.3 is 6.03 Å². The average Bonchev–Trinajstić information content (AvgIpc) is 3.22. The van der Waals surface area contributed by atoms with Crippen molar-refractivity contribution < 1.29 is 9.72 Å². The maximum absolute atomic E-state index is 12.6. The number of hydrogen-bond donors (Lipinski definition) is 1. The number of non-ortho nitro benzene ring substituents is 1. The van der Waals surface area contributed by atoms with Crippen molar-refractivity contribution in [2.45, 2.75) is 13.0 Å². The SMILES string of the molecule is CC(c1cccc([N+](=O)[O-])c1)N(C)C(=O)Nc1cccc(-n2cccc2)c1. The minimum atomic E-state index is -0.441. The second-order valence-electron chi connectivity index (χ2n) is 6.21. The van der Waals surface area contributed by atoms with Crippen LogP contribution in [0.3, 0.4) is 0 Å². The Morgan fingerprint density at radius 2 is 1.81 bits per heavy atom. The number of anilines is 1. The molecule has 1 N–H and O–H groups in total. The summed E-state index contributed by atoms with van der Waals surface area (Å²) in [5, 5.41) is 13.8. The van der Waals surface area contributed by atoms with Gasteiger partial charge in [0, 0.05) is 42.9 Å². The molecule has 2 aromatic carbocycles. The van der Waals surface area contributed by atoms with Crippen molar-refractivity contribution >= 4 is 17.4 Å². The van der Waals surface area contributed by atoms with Crippen LogP contribution >= 0.6 is 0 Å². The molecule has 7 nitrogen and oxygen atoms in total. The zero-order chi connectivity index (χ0) is 19.4. The van der Waals surface area contributed by atoms with Gasteiger partial charge in [-0.2, -0.15) is 0 Å². The Hall–Kier alpha value is -3.61. The maximum Gasteiger partial charge on any atom is 0.322 e. The predicted molar refractivity (Wildman–Crippen MR) is 104 cm³/mol. The summed E-state index contributed by atoms with van der Waals surface area (Å²) in [6, 6.07) is 17.1. The van der Waals surface area contributed by atoms with Gasteiger partial charge in [-0.15, -0.1) is 0 Å². The van der Waals surface area contributed by atoms with Crippen LogP contribution < -0.4 is 5.32 Å². The highest BCUT2D eigenvalue weighted by Crippen LogP contribution is 2.24. The molecule has 138 valence electrons. The summed E-state index contributed by atoms with van der Waals surface area (Å²) in [6.07, 6.45) is 3.86. The number of benzene rings is 2. The fourth-order valence-corrected chi connectivity index (χ4v) is 2.76. The molecule has 0 radical (unpaired) electrons. The fraction of sp³-hybridized carbons (Fsp3) is 0.150. The third kappa shape index (κ3) is 4.14. The van der Waals surface area contributed by atoms with Crippen molar-refractivity contribution in [1.82, 2.24) is 9.47 Å². The highest BCUT2D eigenvalue weighted by Gasteiger charge is 2.19. The number of rotatable bonds is 5. The van der Waals surface area contributed by atoms with Gasteiger partial charge in [0.05, 0.1) is 11.0 Å². The quantitative estimate of drug-likeness (QED) is 0.530. The van der Waals surface area contributed by atoms with Crippen LogP contribution in [-0.4, -0.2) is 27.5 Å². The number of urea groups is 1. The van der Waals surface area contributed by atoms with E-state index in [0.29, 0.717) is 11.3 Å². The van der Waals surface area contributed by atoms with Gasteiger partial charge in [0.15, 0.2) is 0 Å². The molecule has 0 fully saturated rings. The number of nitro groups is 1. The van der Waals surface area contributed by atoms with Crippen LogP contribution in [-0.2, 0) is 0 Å².